The van der Waals surface area contributed by atoms with Gasteiger partial charge in [-0.2, -0.15) is 0 Å². The van der Waals surface area contributed by atoms with Gasteiger partial charge in [-0.3, -0.25) is 0 Å². The summed E-state index contributed by atoms with van der Waals surface area (Å²) >= 11 is 0. The Balaban J connectivity index is 0.000000764. The summed E-state index contributed by atoms with van der Waals surface area (Å²) in [6, 6.07) is 62.0. The van der Waals surface area contributed by atoms with Crippen molar-refractivity contribution in [1.82, 2.24) is 0 Å². The molecule has 0 aliphatic rings. The molecule has 272 valence electrons. The lowest BCUT2D eigenvalue weighted by atomic mass is 9.90. The average molecular weight is 705 g/mol. The maximum atomic E-state index is 3.00. The van der Waals surface area contributed by atoms with Gasteiger partial charge in [0, 0.05) is 0 Å². The first-order valence-electron chi connectivity index (χ1n) is 19.5. The van der Waals surface area contributed by atoms with Crippen LogP contribution < -0.4 is 0 Å². The van der Waals surface area contributed by atoms with Crippen LogP contribution in [0.1, 0.15) is 52.7 Å². The molecule has 0 unspecified atom stereocenters. The summed E-state index contributed by atoms with van der Waals surface area (Å²) in [5, 5.41) is 5.16. The fourth-order valence-corrected chi connectivity index (χ4v) is 6.97. The normalized spacial score (nSPS) is 10.0. The van der Waals surface area contributed by atoms with E-state index in [1.807, 2.05) is 41.5 Å². The molecule has 0 heteroatoms. The molecule has 0 spiro atoms. The minimum atomic E-state index is 1.22. The quantitative estimate of drug-likeness (QED) is 0.124. The van der Waals surface area contributed by atoms with Gasteiger partial charge in [0.15, 0.2) is 0 Å². The van der Waals surface area contributed by atoms with Crippen molar-refractivity contribution in [2.45, 2.75) is 55.4 Å². The highest BCUT2D eigenvalue weighted by Crippen LogP contribution is 2.37. The van der Waals surface area contributed by atoms with E-state index in [1.54, 1.807) is 0 Å². The lowest BCUT2D eigenvalue weighted by molar-refractivity contribution is 1.40. The minimum absolute atomic E-state index is 1.22. The van der Waals surface area contributed by atoms with Crippen molar-refractivity contribution in [3.8, 4) is 55.6 Å². The average Bonchev–Trinajstić information content (AvgIpc) is 3.27. The molecule has 0 nitrogen and oxygen atoms in total. The van der Waals surface area contributed by atoms with Crippen molar-refractivity contribution in [1.29, 1.82) is 0 Å². The topological polar surface area (TPSA) is 0 Å². The SMILES string of the molecule is C=C.CC.CC.CC.Cc1ccccc1-c1cccc(-c2cccc(-c3ccc(-c4ccc(-c5cc6ccccc6c6ccccc56)cc4)cc3)c2)c1C. The number of fused-ring (bicyclic) bond motifs is 3. The molecule has 8 rings (SSSR count). The van der Waals surface area contributed by atoms with Gasteiger partial charge in [-0.15, -0.1) is 13.2 Å². The molecule has 0 aliphatic heterocycles. The van der Waals surface area contributed by atoms with Crippen molar-refractivity contribution in [2.24, 2.45) is 0 Å². The Labute approximate surface area is 325 Å². The zero-order valence-electron chi connectivity index (χ0n) is 33.6. The molecule has 0 radical (unpaired) electrons. The first-order valence-corrected chi connectivity index (χ1v) is 19.5. The van der Waals surface area contributed by atoms with Gasteiger partial charge in [-0.05, 0) is 114 Å². The molecule has 0 fully saturated rings. The van der Waals surface area contributed by atoms with E-state index >= 15 is 0 Å². The molecule has 0 atom stereocenters. The third kappa shape index (κ3) is 8.79. The Hall–Kier alpha value is -5.98. The summed E-state index contributed by atoms with van der Waals surface area (Å²) in [7, 11) is 0. The van der Waals surface area contributed by atoms with Gasteiger partial charge in [-0.25, -0.2) is 0 Å². The maximum absolute atomic E-state index is 3.00. The van der Waals surface area contributed by atoms with E-state index in [-0.39, 0.29) is 0 Å². The highest BCUT2D eigenvalue weighted by atomic mass is 14.2. The number of hydrogen-bond donors (Lipinski definition) is 0. The molecule has 0 saturated heterocycles. The van der Waals surface area contributed by atoms with Crippen LogP contribution in [0.3, 0.4) is 0 Å². The van der Waals surface area contributed by atoms with E-state index in [2.05, 4.69) is 197 Å². The fourth-order valence-electron chi connectivity index (χ4n) is 6.97. The molecule has 0 amide bonds. The van der Waals surface area contributed by atoms with Crippen LogP contribution >= 0.6 is 0 Å². The third-order valence-electron chi connectivity index (χ3n) is 9.46. The van der Waals surface area contributed by atoms with Gasteiger partial charge in [-0.1, -0.05) is 199 Å². The van der Waals surface area contributed by atoms with Crippen LogP contribution in [-0.4, -0.2) is 0 Å². The first kappa shape index (κ1) is 40.8. The Morgan fingerprint density at radius 1 is 0.296 bits per heavy atom. The predicted octanol–water partition coefficient (Wildman–Crippen LogP) is 16.8. The smallest absolute Gasteiger partial charge is 0.00990 e. The van der Waals surface area contributed by atoms with Gasteiger partial charge in [0.1, 0.15) is 0 Å². The summed E-state index contributed by atoms with van der Waals surface area (Å²) in [6.07, 6.45) is 0. The Morgan fingerprint density at radius 2 is 0.741 bits per heavy atom. The predicted molar refractivity (Wildman–Crippen MR) is 243 cm³/mol. The molecule has 54 heavy (non-hydrogen) atoms. The van der Waals surface area contributed by atoms with Crippen LogP contribution in [0.4, 0.5) is 0 Å². The van der Waals surface area contributed by atoms with Crippen LogP contribution in [0.5, 0.6) is 0 Å². The fraction of sp³-hybridized carbons (Fsp3) is 0.148. The van der Waals surface area contributed by atoms with Crippen molar-refractivity contribution in [3.63, 3.8) is 0 Å². The van der Waals surface area contributed by atoms with E-state index < -0.39 is 0 Å². The molecular weight excluding hydrogens is 649 g/mol. The summed E-state index contributed by atoms with van der Waals surface area (Å²) < 4.78 is 0. The largest absolute Gasteiger partial charge is 0.106 e. The Kier molecular flexibility index (Phi) is 15.3. The minimum Gasteiger partial charge on any atom is -0.106 e. The maximum Gasteiger partial charge on any atom is -0.00990 e. The molecule has 0 aliphatic carbocycles. The van der Waals surface area contributed by atoms with Gasteiger partial charge < -0.3 is 0 Å². The van der Waals surface area contributed by atoms with Crippen molar-refractivity contribution >= 4 is 21.5 Å². The second-order valence-electron chi connectivity index (χ2n) is 12.2. The lowest BCUT2D eigenvalue weighted by Gasteiger charge is -2.15. The number of rotatable bonds is 5. The van der Waals surface area contributed by atoms with E-state index in [0.29, 0.717) is 0 Å². The highest BCUT2D eigenvalue weighted by Gasteiger charge is 2.12. The molecule has 8 aromatic rings. The second-order valence-corrected chi connectivity index (χ2v) is 12.2. The number of benzene rings is 8. The highest BCUT2D eigenvalue weighted by molar-refractivity contribution is 6.13. The number of hydrogen-bond acceptors (Lipinski definition) is 0. The second kappa shape index (κ2) is 20.3. The Bertz CT molecular complexity index is 2370. The molecule has 0 heterocycles. The lowest BCUT2D eigenvalue weighted by Crippen LogP contribution is -1.91. The Morgan fingerprint density at radius 3 is 1.37 bits per heavy atom. The van der Waals surface area contributed by atoms with E-state index in [9.17, 15) is 0 Å². The van der Waals surface area contributed by atoms with E-state index in [0.717, 1.165) is 0 Å². The van der Waals surface area contributed by atoms with Crippen LogP contribution in [0, 0.1) is 13.8 Å². The monoisotopic (exact) mass is 704 g/mol. The van der Waals surface area contributed by atoms with Crippen molar-refractivity contribution < 1.29 is 0 Å². The molecular formula is C54H56. The summed E-state index contributed by atoms with van der Waals surface area (Å²) in [5.74, 6) is 0. The summed E-state index contributed by atoms with van der Waals surface area (Å²) in [4.78, 5) is 0. The van der Waals surface area contributed by atoms with Crippen LogP contribution in [0.15, 0.2) is 183 Å². The van der Waals surface area contributed by atoms with Gasteiger partial charge >= 0.3 is 0 Å². The summed E-state index contributed by atoms with van der Waals surface area (Å²) in [6.45, 7) is 22.4. The first-order chi connectivity index (χ1) is 26.6. The van der Waals surface area contributed by atoms with Crippen LogP contribution in [-0.2, 0) is 0 Å². The zero-order valence-corrected chi connectivity index (χ0v) is 33.6. The van der Waals surface area contributed by atoms with Crippen molar-refractivity contribution in [3.05, 3.63) is 194 Å². The molecule has 0 bridgehead atoms. The standard InChI is InChI=1S/C46H34.3C2H6.C2H4/c1-31-11-3-5-15-40(31)42-20-10-19-41(32(42)2)38-14-9-13-37(29-38)35-23-21-33(22-24-35)34-25-27-36(28-26-34)46-30-39-12-4-6-16-43(39)44-17-7-8-18-45(44)46;4*1-2/h3-30H,1-2H3;3*1-2H3;1-2H2. The van der Waals surface area contributed by atoms with Crippen LogP contribution in [0.2, 0.25) is 0 Å². The molecule has 0 aromatic heterocycles. The summed E-state index contributed by atoms with van der Waals surface area (Å²) in [5.41, 5.74) is 15.1. The third-order valence-corrected chi connectivity index (χ3v) is 9.46. The van der Waals surface area contributed by atoms with Gasteiger partial charge in [0.05, 0.1) is 0 Å². The number of aryl methyl sites for hydroxylation is 1. The van der Waals surface area contributed by atoms with E-state index in [1.165, 1.54) is 88.3 Å². The van der Waals surface area contributed by atoms with Gasteiger partial charge in [0.25, 0.3) is 0 Å². The molecule has 8 aromatic carbocycles. The zero-order chi connectivity index (χ0) is 39.0. The van der Waals surface area contributed by atoms with Gasteiger partial charge in [0.2, 0.25) is 0 Å². The molecule has 0 N–H and O–H groups in total. The van der Waals surface area contributed by atoms with Crippen molar-refractivity contribution in [2.75, 3.05) is 0 Å². The molecule has 0 saturated carbocycles. The van der Waals surface area contributed by atoms with E-state index in [4.69, 9.17) is 0 Å². The van der Waals surface area contributed by atoms with Crippen LogP contribution in [0.25, 0.3) is 77.2 Å².